The van der Waals surface area contributed by atoms with Crippen LogP contribution in [0.3, 0.4) is 0 Å². The van der Waals surface area contributed by atoms with Gasteiger partial charge in [-0.15, -0.1) is 0 Å². The smallest absolute Gasteiger partial charge is 0.222 e. The van der Waals surface area contributed by atoms with Crippen LogP contribution in [0.4, 0.5) is 0 Å². The Hall–Kier alpha value is 0.158. The van der Waals surface area contributed by atoms with Crippen LogP contribution in [0.15, 0.2) is 0 Å². The second-order valence-electron chi connectivity index (χ2n) is 1.92. The van der Waals surface area contributed by atoms with Gasteiger partial charge in [-0.2, -0.15) is 0 Å². The standard InChI is InChI=1S/C5H9NO.Mo/c1-6-4-2-3-5(6)7;/h2-4H2,1H3;. The van der Waals surface area contributed by atoms with Gasteiger partial charge in [0.25, 0.3) is 0 Å². The van der Waals surface area contributed by atoms with E-state index in [1.807, 2.05) is 7.05 Å². The number of hydrogen-bond donors (Lipinski definition) is 0. The first kappa shape index (κ1) is 8.16. The number of amides is 1. The fraction of sp³-hybridized carbons (Fsp3) is 0.800. The Kier molecular flexibility index (Phi) is 3.30. The second-order valence-corrected chi connectivity index (χ2v) is 1.92. The van der Waals surface area contributed by atoms with Crippen molar-refractivity contribution in [3.8, 4) is 0 Å². The summed E-state index contributed by atoms with van der Waals surface area (Å²) in [6.45, 7) is 0.957. The molecule has 8 heavy (non-hydrogen) atoms. The van der Waals surface area contributed by atoms with Crippen molar-refractivity contribution >= 4 is 5.91 Å². The average molecular weight is 195 g/mol. The van der Waals surface area contributed by atoms with Crippen LogP contribution in [0.25, 0.3) is 0 Å². The Morgan fingerprint density at radius 1 is 1.62 bits per heavy atom. The van der Waals surface area contributed by atoms with Crippen LogP contribution in [0.5, 0.6) is 0 Å². The zero-order chi connectivity index (χ0) is 5.28. The summed E-state index contributed by atoms with van der Waals surface area (Å²) in [5.74, 6) is 0.292. The van der Waals surface area contributed by atoms with Crippen molar-refractivity contribution in [3.63, 3.8) is 0 Å². The van der Waals surface area contributed by atoms with E-state index in [4.69, 9.17) is 0 Å². The van der Waals surface area contributed by atoms with Gasteiger partial charge in [0.15, 0.2) is 0 Å². The molecule has 0 radical (unpaired) electrons. The predicted molar refractivity (Wildman–Crippen MR) is 26.9 cm³/mol. The molecule has 1 amide bonds. The second kappa shape index (κ2) is 3.24. The van der Waals surface area contributed by atoms with Gasteiger partial charge < -0.3 is 4.90 Å². The molecule has 0 aromatic heterocycles. The molecule has 3 heteroatoms. The summed E-state index contributed by atoms with van der Waals surface area (Å²) >= 11 is 0. The minimum Gasteiger partial charge on any atom is -0.346 e. The Labute approximate surface area is 63.5 Å². The zero-order valence-electron chi connectivity index (χ0n) is 4.89. The maximum Gasteiger partial charge on any atom is 0.222 e. The van der Waals surface area contributed by atoms with E-state index < -0.39 is 0 Å². The van der Waals surface area contributed by atoms with E-state index in [0.717, 1.165) is 19.4 Å². The SMILES string of the molecule is CN1CCCC1=O.[Mo]. The molecule has 2 nitrogen and oxygen atoms in total. The van der Waals surface area contributed by atoms with Crippen molar-refractivity contribution in [2.45, 2.75) is 12.8 Å². The molecule has 1 rings (SSSR count). The van der Waals surface area contributed by atoms with E-state index in [1.165, 1.54) is 0 Å². The molecule has 0 aliphatic carbocycles. The number of hydrogen-bond acceptors (Lipinski definition) is 1. The quantitative estimate of drug-likeness (QED) is 0.507. The van der Waals surface area contributed by atoms with E-state index in [9.17, 15) is 4.79 Å². The van der Waals surface area contributed by atoms with Crippen molar-refractivity contribution in [3.05, 3.63) is 0 Å². The Morgan fingerprint density at radius 2 is 2.25 bits per heavy atom. The summed E-state index contributed by atoms with van der Waals surface area (Å²) in [5.41, 5.74) is 0. The normalized spacial score (nSPS) is 18.6. The molecule has 0 bridgehead atoms. The minimum absolute atomic E-state index is 0. The molecule has 1 saturated heterocycles. The molecule has 0 aromatic carbocycles. The fourth-order valence-electron chi connectivity index (χ4n) is 0.783. The topological polar surface area (TPSA) is 20.3 Å². The Morgan fingerprint density at radius 3 is 2.38 bits per heavy atom. The van der Waals surface area contributed by atoms with Gasteiger partial charge in [-0.25, -0.2) is 0 Å². The van der Waals surface area contributed by atoms with Crippen molar-refractivity contribution in [1.29, 1.82) is 0 Å². The van der Waals surface area contributed by atoms with Crippen LogP contribution in [0.2, 0.25) is 0 Å². The van der Waals surface area contributed by atoms with E-state index >= 15 is 0 Å². The summed E-state index contributed by atoms with van der Waals surface area (Å²) < 4.78 is 0. The summed E-state index contributed by atoms with van der Waals surface area (Å²) in [4.78, 5) is 12.3. The fourth-order valence-corrected chi connectivity index (χ4v) is 0.783. The van der Waals surface area contributed by atoms with Gasteiger partial charge in [0, 0.05) is 41.1 Å². The van der Waals surface area contributed by atoms with Crippen molar-refractivity contribution in [2.75, 3.05) is 13.6 Å². The van der Waals surface area contributed by atoms with Gasteiger partial charge >= 0.3 is 0 Å². The van der Waals surface area contributed by atoms with Crippen LogP contribution in [-0.2, 0) is 25.9 Å². The summed E-state index contributed by atoms with van der Waals surface area (Å²) in [7, 11) is 1.84. The molecule has 0 spiro atoms. The van der Waals surface area contributed by atoms with Crippen molar-refractivity contribution < 1.29 is 25.9 Å². The van der Waals surface area contributed by atoms with E-state index in [0.29, 0.717) is 5.91 Å². The van der Waals surface area contributed by atoms with Gasteiger partial charge in [-0.1, -0.05) is 0 Å². The number of nitrogens with zero attached hydrogens (tertiary/aromatic N) is 1. The minimum atomic E-state index is 0. The maximum atomic E-state index is 10.5. The molecule has 1 heterocycles. The van der Waals surface area contributed by atoms with E-state index in [1.54, 1.807) is 4.90 Å². The third-order valence-electron chi connectivity index (χ3n) is 1.31. The molecule has 0 unspecified atom stereocenters. The first-order valence-electron chi connectivity index (χ1n) is 2.54. The molecule has 46 valence electrons. The molecular weight excluding hydrogens is 186 g/mol. The maximum absolute atomic E-state index is 10.5. The van der Waals surface area contributed by atoms with Gasteiger partial charge in [0.05, 0.1) is 0 Å². The van der Waals surface area contributed by atoms with Crippen molar-refractivity contribution in [1.82, 2.24) is 4.90 Å². The van der Waals surface area contributed by atoms with Crippen LogP contribution in [0, 0.1) is 0 Å². The zero-order valence-corrected chi connectivity index (χ0v) is 6.89. The first-order chi connectivity index (χ1) is 3.30. The van der Waals surface area contributed by atoms with Gasteiger partial charge in [0.1, 0.15) is 0 Å². The van der Waals surface area contributed by atoms with Crippen LogP contribution in [-0.4, -0.2) is 24.4 Å². The first-order valence-corrected chi connectivity index (χ1v) is 2.54. The third kappa shape index (κ3) is 1.59. The number of likely N-dealkylation sites (tertiary alicyclic amines) is 1. The molecule has 0 aromatic rings. The van der Waals surface area contributed by atoms with E-state index in [-0.39, 0.29) is 21.1 Å². The number of rotatable bonds is 0. The molecule has 0 saturated carbocycles. The Balaban J connectivity index is 0.000000490. The van der Waals surface area contributed by atoms with Gasteiger partial charge in [-0.3, -0.25) is 4.79 Å². The summed E-state index contributed by atoms with van der Waals surface area (Å²) in [6.07, 6.45) is 1.81. The third-order valence-corrected chi connectivity index (χ3v) is 1.31. The molecule has 0 atom stereocenters. The summed E-state index contributed by atoms with van der Waals surface area (Å²) in [6, 6.07) is 0. The van der Waals surface area contributed by atoms with Crippen LogP contribution in [0.1, 0.15) is 12.8 Å². The average Bonchev–Trinajstić information content (AvgIpc) is 1.91. The van der Waals surface area contributed by atoms with Crippen molar-refractivity contribution in [2.24, 2.45) is 0 Å². The summed E-state index contributed by atoms with van der Waals surface area (Å²) in [5, 5.41) is 0. The van der Waals surface area contributed by atoms with Crippen LogP contribution >= 0.6 is 0 Å². The van der Waals surface area contributed by atoms with E-state index in [2.05, 4.69) is 0 Å². The number of carbonyl (C=O) groups excluding carboxylic acids is 1. The van der Waals surface area contributed by atoms with Crippen LogP contribution < -0.4 is 0 Å². The van der Waals surface area contributed by atoms with Gasteiger partial charge in [0.2, 0.25) is 5.91 Å². The molecule has 0 N–H and O–H groups in total. The Bertz CT molecular complexity index is 94.4. The number of carbonyl (C=O) groups is 1. The monoisotopic (exact) mass is 197 g/mol. The van der Waals surface area contributed by atoms with Gasteiger partial charge in [-0.05, 0) is 6.42 Å². The molecule has 1 fully saturated rings. The molecular formula is C5H9MoNO. The largest absolute Gasteiger partial charge is 0.346 e. The predicted octanol–water partition coefficient (Wildman–Crippen LogP) is 0.236. The molecule has 1 aliphatic heterocycles. The molecule has 1 aliphatic rings.